The molecule has 10 heteroatoms. The fraction of sp³-hybridized carbons (Fsp3) is 0.0588. The molecule has 4 nitrogen and oxygen atoms in total. The summed E-state index contributed by atoms with van der Waals surface area (Å²) in [5, 5.41) is 13.3. The van der Waals surface area contributed by atoms with Gasteiger partial charge in [0.1, 0.15) is 11.4 Å². The first kappa shape index (κ1) is 19.3. The molecule has 0 bridgehead atoms. The summed E-state index contributed by atoms with van der Waals surface area (Å²) in [6.07, 6.45) is 1.33. The van der Waals surface area contributed by atoms with Gasteiger partial charge >= 0.3 is 0 Å². The third-order valence-corrected chi connectivity index (χ3v) is 4.61. The lowest BCUT2D eigenvalue weighted by Gasteiger charge is -2.15. The Morgan fingerprint density at radius 3 is 2.15 bits per heavy atom. The Balaban J connectivity index is 2.09. The van der Waals surface area contributed by atoms with Gasteiger partial charge in [-0.3, -0.25) is 4.79 Å². The number of hydrogen-bond acceptors (Lipinski definition) is 3. The van der Waals surface area contributed by atoms with E-state index in [1.807, 2.05) is 22.6 Å². The number of carbonyl (C=O) groups excluding carboxylic acids is 1. The number of hydrazone groups is 1. The molecule has 1 N–H and O–H groups in total. The average molecular weight is 494 g/mol. The van der Waals surface area contributed by atoms with Crippen molar-refractivity contribution < 1.29 is 31.9 Å². The Bertz CT molecular complexity index is 1020. The Labute approximate surface area is 162 Å². The van der Waals surface area contributed by atoms with E-state index < -0.39 is 40.7 Å². The van der Waals surface area contributed by atoms with Crippen molar-refractivity contribution in [3.8, 4) is 5.75 Å². The van der Waals surface area contributed by atoms with Gasteiger partial charge in [-0.25, -0.2) is 22.0 Å². The summed E-state index contributed by atoms with van der Waals surface area (Å²) >= 11 is 1.86. The van der Waals surface area contributed by atoms with Gasteiger partial charge in [0, 0.05) is 0 Å². The highest BCUT2D eigenvalue weighted by Crippen LogP contribution is 2.34. The number of carbonyl (C=O) groups is 1. The molecule has 2 aromatic carbocycles. The Morgan fingerprint density at radius 2 is 1.59 bits per heavy atom. The zero-order valence-electron chi connectivity index (χ0n) is 13.3. The van der Waals surface area contributed by atoms with Crippen molar-refractivity contribution in [2.45, 2.75) is 6.92 Å². The molecule has 0 atom stereocenters. The van der Waals surface area contributed by atoms with Gasteiger partial charge in [0.2, 0.25) is 5.82 Å². The van der Waals surface area contributed by atoms with Crippen molar-refractivity contribution in [3.63, 3.8) is 0 Å². The topological polar surface area (TPSA) is 52.9 Å². The Kier molecular flexibility index (Phi) is 4.93. The summed E-state index contributed by atoms with van der Waals surface area (Å²) in [6.45, 7) is 1.35. The van der Waals surface area contributed by atoms with Crippen LogP contribution in [-0.2, 0) is 4.79 Å². The molecule has 0 saturated carbocycles. The zero-order chi connectivity index (χ0) is 20.0. The summed E-state index contributed by atoms with van der Waals surface area (Å²) < 4.78 is 68.5. The summed E-state index contributed by atoms with van der Waals surface area (Å²) in [7, 11) is 0. The normalized spacial score (nSPS) is 15.7. The maximum atomic E-state index is 14.0. The molecule has 0 aromatic heterocycles. The molecule has 0 fully saturated rings. The molecular weight excluding hydrogens is 486 g/mol. The van der Waals surface area contributed by atoms with Crippen molar-refractivity contribution in [1.29, 1.82) is 0 Å². The van der Waals surface area contributed by atoms with Gasteiger partial charge in [-0.15, -0.1) is 0 Å². The van der Waals surface area contributed by atoms with E-state index >= 15 is 0 Å². The van der Waals surface area contributed by atoms with Crippen LogP contribution in [-0.4, -0.2) is 16.7 Å². The largest absolute Gasteiger partial charge is 0.507 e. The molecule has 27 heavy (non-hydrogen) atoms. The number of phenols is 1. The van der Waals surface area contributed by atoms with Crippen LogP contribution < -0.4 is 5.01 Å². The fourth-order valence-corrected chi connectivity index (χ4v) is 2.93. The third-order valence-electron chi connectivity index (χ3n) is 3.74. The van der Waals surface area contributed by atoms with Crippen molar-refractivity contribution in [3.05, 3.63) is 62.0 Å². The van der Waals surface area contributed by atoms with Crippen molar-refractivity contribution in [2.24, 2.45) is 5.10 Å². The average Bonchev–Trinajstić information content (AvgIpc) is 2.89. The molecule has 0 spiro atoms. The highest BCUT2D eigenvalue weighted by atomic mass is 127. The summed E-state index contributed by atoms with van der Waals surface area (Å²) in [5.74, 6) is -12.0. The van der Waals surface area contributed by atoms with Crippen LogP contribution in [0, 0.1) is 32.7 Å². The molecule has 140 valence electrons. The summed E-state index contributed by atoms with van der Waals surface area (Å²) in [4.78, 5) is 12.5. The Morgan fingerprint density at radius 1 is 1.04 bits per heavy atom. The number of anilines is 1. The van der Waals surface area contributed by atoms with E-state index in [1.54, 1.807) is 0 Å². The standard InChI is InChI=1S/C17H8F5IN2O2/c1-6-8(4-7-2-3-10(26)9(23)5-7)17(27)25(24-6)16-14(21)12(19)11(18)13(20)15(16)22/h2-5,26H,1H3/b8-4+. The number of hydrogen-bond donors (Lipinski definition) is 1. The van der Waals surface area contributed by atoms with Crippen molar-refractivity contribution >= 4 is 46.0 Å². The number of aromatic hydroxyl groups is 1. The lowest BCUT2D eigenvalue weighted by atomic mass is 10.1. The van der Waals surface area contributed by atoms with Gasteiger partial charge in [0.25, 0.3) is 5.91 Å². The second kappa shape index (κ2) is 6.91. The highest BCUT2D eigenvalue weighted by Gasteiger charge is 2.36. The smallest absolute Gasteiger partial charge is 0.280 e. The predicted octanol–water partition coefficient (Wildman–Crippen LogP) is 4.50. The van der Waals surface area contributed by atoms with Crippen molar-refractivity contribution in [1.82, 2.24) is 0 Å². The number of amides is 1. The lowest BCUT2D eigenvalue weighted by Crippen LogP contribution is -2.25. The summed E-state index contributed by atoms with van der Waals surface area (Å²) in [5.41, 5.74) is -1.05. The van der Waals surface area contributed by atoms with Crippen LogP contribution in [0.1, 0.15) is 12.5 Å². The molecular formula is C17H8F5IN2O2. The minimum Gasteiger partial charge on any atom is -0.507 e. The molecule has 3 rings (SSSR count). The van der Waals surface area contributed by atoms with Crippen LogP contribution in [0.5, 0.6) is 5.75 Å². The van der Waals surface area contributed by atoms with E-state index in [1.165, 1.54) is 31.2 Å². The van der Waals surface area contributed by atoms with Crippen molar-refractivity contribution in [2.75, 3.05) is 5.01 Å². The molecule has 2 aromatic rings. The van der Waals surface area contributed by atoms with Crippen LogP contribution in [0.2, 0.25) is 0 Å². The number of phenolic OH excluding ortho intramolecular Hbond substituents is 1. The van der Waals surface area contributed by atoms with Gasteiger partial charge in [0.15, 0.2) is 23.3 Å². The SMILES string of the molecule is CC1=NN(c2c(F)c(F)c(F)c(F)c2F)C(=O)/C1=C/c1ccc(O)c(I)c1. The van der Waals surface area contributed by atoms with E-state index in [0.29, 0.717) is 9.13 Å². The minimum absolute atomic E-state index is 0.0175. The second-order valence-corrected chi connectivity index (χ2v) is 6.65. The first-order valence-corrected chi connectivity index (χ1v) is 8.33. The molecule has 1 amide bonds. The quantitative estimate of drug-likeness (QED) is 0.220. The second-order valence-electron chi connectivity index (χ2n) is 5.49. The molecule has 1 aliphatic rings. The molecule has 1 aliphatic heterocycles. The first-order valence-electron chi connectivity index (χ1n) is 7.25. The molecule has 0 saturated heterocycles. The van der Waals surface area contributed by atoms with E-state index in [9.17, 15) is 31.9 Å². The van der Waals surface area contributed by atoms with Crippen LogP contribution in [0.3, 0.4) is 0 Å². The number of rotatable bonds is 2. The van der Waals surface area contributed by atoms with Gasteiger partial charge in [-0.2, -0.15) is 10.1 Å². The lowest BCUT2D eigenvalue weighted by molar-refractivity contribution is -0.114. The van der Waals surface area contributed by atoms with Crippen LogP contribution >= 0.6 is 22.6 Å². The molecule has 1 heterocycles. The van der Waals surface area contributed by atoms with Crippen LogP contribution in [0.4, 0.5) is 27.6 Å². The summed E-state index contributed by atoms with van der Waals surface area (Å²) in [6, 6.07) is 4.39. The highest BCUT2D eigenvalue weighted by molar-refractivity contribution is 14.1. The maximum Gasteiger partial charge on any atom is 0.280 e. The maximum absolute atomic E-state index is 14.0. The Hall–Kier alpha value is -2.50. The van der Waals surface area contributed by atoms with Gasteiger partial charge in [-0.1, -0.05) is 6.07 Å². The number of benzene rings is 2. The molecule has 0 radical (unpaired) electrons. The number of nitrogens with zero attached hydrogens (tertiary/aromatic N) is 2. The van der Waals surface area contributed by atoms with Crippen LogP contribution in [0.15, 0.2) is 28.9 Å². The van der Waals surface area contributed by atoms with E-state index in [4.69, 9.17) is 0 Å². The fourth-order valence-electron chi connectivity index (χ4n) is 2.39. The first-order chi connectivity index (χ1) is 12.6. The number of halogens is 6. The van der Waals surface area contributed by atoms with Gasteiger partial charge < -0.3 is 5.11 Å². The molecule has 0 aliphatic carbocycles. The van der Waals surface area contributed by atoms with Gasteiger partial charge in [0.05, 0.1) is 14.9 Å². The minimum atomic E-state index is -2.32. The zero-order valence-corrected chi connectivity index (χ0v) is 15.5. The van der Waals surface area contributed by atoms with Gasteiger partial charge in [-0.05, 0) is 53.3 Å². The predicted molar refractivity (Wildman–Crippen MR) is 95.6 cm³/mol. The third kappa shape index (κ3) is 3.17. The molecule has 0 unspecified atom stereocenters. The monoisotopic (exact) mass is 494 g/mol. The van der Waals surface area contributed by atoms with E-state index in [2.05, 4.69) is 5.10 Å². The van der Waals surface area contributed by atoms with E-state index in [-0.39, 0.29) is 22.0 Å². The van der Waals surface area contributed by atoms with E-state index in [0.717, 1.165) is 0 Å². The van der Waals surface area contributed by atoms with Crippen LogP contribution in [0.25, 0.3) is 6.08 Å².